The highest BCUT2D eigenvalue weighted by Crippen LogP contribution is 2.47. The van der Waals surface area contributed by atoms with Gasteiger partial charge in [-0.25, -0.2) is 0 Å². The van der Waals surface area contributed by atoms with E-state index in [9.17, 15) is 0 Å². The van der Waals surface area contributed by atoms with Crippen molar-refractivity contribution in [3.05, 3.63) is 425 Å². The fourth-order valence-corrected chi connectivity index (χ4v) is 19.6. The first-order valence-electron chi connectivity index (χ1n) is 40.1. The molecule has 0 aliphatic carbocycles. The van der Waals surface area contributed by atoms with E-state index < -0.39 is 0 Å². The van der Waals surface area contributed by atoms with E-state index in [4.69, 9.17) is 0 Å². The van der Waals surface area contributed by atoms with Gasteiger partial charge in [0, 0.05) is 65.8 Å². The van der Waals surface area contributed by atoms with E-state index in [1.165, 1.54) is 219 Å². The Morgan fingerprint density at radius 3 is 0.914 bits per heavy atom. The third kappa shape index (κ3) is 10.1. The molecule has 0 fully saturated rings. The van der Waals surface area contributed by atoms with Crippen LogP contribution in [0.1, 0.15) is 0 Å². The van der Waals surface area contributed by atoms with Crippen molar-refractivity contribution in [2.45, 2.75) is 0 Å². The maximum absolute atomic E-state index is 2.45. The van der Waals surface area contributed by atoms with Gasteiger partial charge in [-0.1, -0.05) is 303 Å². The summed E-state index contributed by atoms with van der Waals surface area (Å²) < 4.78 is 9.67. The van der Waals surface area contributed by atoms with Gasteiger partial charge in [0.15, 0.2) is 0 Å². The minimum absolute atomic E-state index is 1.15. The van der Waals surface area contributed by atoms with E-state index in [1.807, 2.05) is 0 Å². The fraction of sp³-hybridized carbons (Fsp3) is 0. The third-order valence-corrected chi connectivity index (χ3v) is 24.7. The van der Waals surface area contributed by atoms with Crippen LogP contribution in [0.2, 0.25) is 0 Å². The molecule has 0 spiro atoms. The summed E-state index contributed by atoms with van der Waals surface area (Å²) in [5.74, 6) is 0. The molecule has 0 unspecified atom stereocenters. The molecule has 0 aliphatic rings. The summed E-state index contributed by atoms with van der Waals surface area (Å²) in [5, 5.41) is 28.0. The molecule has 21 aromatic carbocycles. The highest BCUT2D eigenvalue weighted by molar-refractivity contribution is 6.33. The van der Waals surface area contributed by atoms with Crippen molar-refractivity contribution < 1.29 is 0 Å². The average molecular weight is 1470 g/mol. The van der Waals surface area contributed by atoms with Crippen molar-refractivity contribution in [3.63, 3.8) is 0 Å². The maximum Gasteiger partial charge on any atom is 0.0547 e. The fourth-order valence-electron chi connectivity index (χ4n) is 19.6. The van der Waals surface area contributed by atoms with Crippen LogP contribution in [0.15, 0.2) is 425 Å². The first-order chi connectivity index (χ1) is 57.6. The number of hydrogen-bond donors (Lipinski definition) is 0. The molecule has 0 saturated carbocycles. The Hall–Kier alpha value is -15.4. The first-order valence-corrected chi connectivity index (χ1v) is 40.1. The second kappa shape index (κ2) is 26.1. The van der Waals surface area contributed by atoms with Crippen LogP contribution in [-0.2, 0) is 0 Å². The van der Waals surface area contributed by atoms with Crippen molar-refractivity contribution in [2.75, 3.05) is 0 Å². The van der Waals surface area contributed by atoms with Crippen LogP contribution >= 0.6 is 0 Å². The van der Waals surface area contributed by atoms with E-state index in [2.05, 4.69) is 443 Å². The normalized spacial score (nSPS) is 12.0. The number of fused-ring (bicyclic) bond motifs is 25. The quantitative estimate of drug-likeness (QED) is 0.135. The van der Waals surface area contributed by atoms with Gasteiger partial charge in [0.25, 0.3) is 0 Å². The van der Waals surface area contributed by atoms with Crippen molar-refractivity contribution in [2.24, 2.45) is 0 Å². The van der Waals surface area contributed by atoms with Gasteiger partial charge in [0.05, 0.1) is 44.1 Å². The second-order valence-corrected chi connectivity index (χ2v) is 30.9. The average Bonchev–Trinajstić information content (AvgIpc) is 1.18. The Morgan fingerprint density at radius 1 is 0.121 bits per heavy atom. The smallest absolute Gasteiger partial charge is 0.0547 e. The summed E-state index contributed by atoms with van der Waals surface area (Å²) in [7, 11) is 0. The Bertz CT molecular complexity index is 8400. The number of para-hydroxylation sites is 6. The summed E-state index contributed by atoms with van der Waals surface area (Å²) in [4.78, 5) is 0. The Balaban J connectivity index is 0.000000134. The molecule has 0 radical (unpaired) electrons. The molecule has 0 saturated heterocycles. The van der Waals surface area contributed by atoms with Crippen LogP contribution in [0.3, 0.4) is 0 Å². The van der Waals surface area contributed by atoms with E-state index in [-0.39, 0.29) is 0 Å². The predicted octanol–water partition coefficient (Wildman–Crippen LogP) is 30.5. The topological polar surface area (TPSA) is 19.7 Å². The van der Waals surface area contributed by atoms with Gasteiger partial charge in [-0.3, -0.25) is 0 Å². The summed E-state index contributed by atoms with van der Waals surface area (Å²) in [6.07, 6.45) is 0. The van der Waals surface area contributed by atoms with E-state index in [0.717, 1.165) is 11.4 Å². The molecule has 116 heavy (non-hydrogen) atoms. The molecule has 0 N–H and O–H groups in total. The molecule has 4 aromatic heterocycles. The number of hydrogen-bond acceptors (Lipinski definition) is 0. The van der Waals surface area contributed by atoms with Crippen LogP contribution in [0, 0.1) is 0 Å². The summed E-state index contributed by atoms with van der Waals surface area (Å²) in [6, 6.07) is 156. The summed E-state index contributed by atoms with van der Waals surface area (Å²) >= 11 is 0. The van der Waals surface area contributed by atoms with Gasteiger partial charge >= 0.3 is 0 Å². The molecule has 4 heteroatoms. The Morgan fingerprint density at radius 2 is 0.431 bits per heavy atom. The van der Waals surface area contributed by atoms with Gasteiger partial charge in [0.1, 0.15) is 0 Å². The molecule has 0 aliphatic heterocycles. The Labute approximate surface area is 668 Å². The van der Waals surface area contributed by atoms with Crippen molar-refractivity contribution in [1.82, 2.24) is 18.3 Å². The number of benzene rings is 21. The molecule has 538 valence electrons. The van der Waals surface area contributed by atoms with Crippen LogP contribution in [0.5, 0.6) is 0 Å². The zero-order valence-corrected chi connectivity index (χ0v) is 63.2. The maximum atomic E-state index is 2.45. The monoisotopic (exact) mass is 1470 g/mol. The zero-order valence-electron chi connectivity index (χ0n) is 63.2. The summed E-state index contributed by atoms with van der Waals surface area (Å²) in [5.41, 5.74) is 24.0. The first kappa shape index (κ1) is 65.4. The van der Waals surface area contributed by atoms with Gasteiger partial charge < -0.3 is 18.3 Å². The van der Waals surface area contributed by atoms with Gasteiger partial charge in [-0.15, -0.1) is 0 Å². The van der Waals surface area contributed by atoms with Crippen LogP contribution in [-0.4, -0.2) is 18.3 Å². The lowest BCUT2D eigenvalue weighted by atomic mass is 9.87. The Kier molecular flexibility index (Phi) is 14.7. The molecule has 25 aromatic rings. The second-order valence-electron chi connectivity index (χ2n) is 30.9. The molecule has 0 bridgehead atoms. The molecule has 0 atom stereocenters. The molecule has 0 amide bonds. The minimum atomic E-state index is 1.15. The van der Waals surface area contributed by atoms with E-state index in [0.29, 0.717) is 0 Å². The molecule has 4 heterocycles. The lowest BCUT2D eigenvalue weighted by Crippen LogP contribution is -1.95. The lowest BCUT2D eigenvalue weighted by Gasteiger charge is -2.17. The van der Waals surface area contributed by atoms with Gasteiger partial charge in [-0.05, 0) is 241 Å². The van der Waals surface area contributed by atoms with E-state index >= 15 is 0 Å². The number of nitrogens with zero attached hydrogens (tertiary/aromatic N) is 4. The van der Waals surface area contributed by atoms with Crippen molar-refractivity contribution in [3.8, 4) is 67.3 Å². The lowest BCUT2D eigenvalue weighted by molar-refractivity contribution is 1.18. The zero-order chi connectivity index (χ0) is 76.1. The van der Waals surface area contributed by atoms with Gasteiger partial charge in [0.2, 0.25) is 0 Å². The van der Waals surface area contributed by atoms with Crippen LogP contribution in [0.25, 0.3) is 230 Å². The number of rotatable bonds is 8. The van der Waals surface area contributed by atoms with Gasteiger partial charge in [-0.2, -0.15) is 0 Å². The standard InChI is InChI=1S/C58H36N2.C54H34N2/c1-2-16-40(17-3-1)59-54-27-12-10-23-46(54)48-31-29-38(35-57(48)59)37-30-32-56-52(34-37)47-24-11-13-28-55(47)60(56)41-18-14-15-39(33-41)51-36-53-44-21-5-4-19-42(44)43-20-6-8-25-49(43)58(53)50-26-9-7-22-45(50)51;1-2-15-40(16-3-1)55-50-23-10-8-20-44(50)46-29-27-37(34-53(46)55)36-28-30-52-49(32-36)45-21-9-11-24-51(45)56(52)41-17-12-14-38(31-41)48-33-39-26-25-35-13-4-5-18-42(35)54(39)47-22-7-6-19-43(47)48/h1-36H;1-34H. The van der Waals surface area contributed by atoms with Crippen LogP contribution in [0.4, 0.5) is 0 Å². The molecule has 25 rings (SSSR count). The largest absolute Gasteiger partial charge is 0.309 e. The van der Waals surface area contributed by atoms with E-state index in [1.54, 1.807) is 0 Å². The number of aromatic nitrogens is 4. The third-order valence-electron chi connectivity index (χ3n) is 24.7. The summed E-state index contributed by atoms with van der Waals surface area (Å²) in [6.45, 7) is 0. The highest BCUT2D eigenvalue weighted by Gasteiger charge is 2.23. The van der Waals surface area contributed by atoms with Crippen molar-refractivity contribution in [1.29, 1.82) is 0 Å². The molecular weight excluding hydrogens is 1400 g/mol. The predicted molar refractivity (Wildman–Crippen MR) is 495 cm³/mol. The van der Waals surface area contributed by atoms with Crippen LogP contribution < -0.4 is 0 Å². The SMILES string of the molecule is c1ccc(-n2c3ccccc3c3ccc(-c4ccc5c(c4)c4ccccc4n5-c4cccc(-c5cc6c7ccccc7c7ccccc7c6c6ccccc56)c4)cc32)cc1.c1ccc(-n2c3ccccc3c3ccc(-c4ccc5c(c4)c4ccccc4n5-c4cccc(-c5cc6ccc7ccccc7c6c6ccccc56)c4)cc32)cc1. The van der Waals surface area contributed by atoms with Crippen molar-refractivity contribution >= 4 is 163 Å². The highest BCUT2D eigenvalue weighted by atomic mass is 15.0. The molecular formula is C112H70N4. The minimum Gasteiger partial charge on any atom is -0.309 e. The molecule has 4 nitrogen and oxygen atoms in total.